The van der Waals surface area contributed by atoms with Crippen LogP contribution in [-0.2, 0) is 0 Å². The Kier molecular flexibility index (Phi) is 1.94. The van der Waals surface area contributed by atoms with E-state index in [1.807, 2.05) is 0 Å². The highest BCUT2D eigenvalue weighted by molar-refractivity contribution is 6.31. The number of hydrogen-bond donors (Lipinski definition) is 2. The van der Waals surface area contributed by atoms with Crippen molar-refractivity contribution in [3.05, 3.63) is 35.4 Å². The number of nitrogens with zero attached hydrogens (tertiary/aromatic N) is 2. The molecule has 3 rings (SSSR count). The third kappa shape index (κ3) is 1.29. The summed E-state index contributed by atoms with van der Waals surface area (Å²) in [6, 6.07) is 2.85. The van der Waals surface area contributed by atoms with Gasteiger partial charge >= 0.3 is 0 Å². The molecule has 0 amide bonds. The number of benzene rings is 1. The second-order valence-electron chi connectivity index (χ2n) is 3.32. The van der Waals surface area contributed by atoms with E-state index in [0.29, 0.717) is 22.4 Å². The summed E-state index contributed by atoms with van der Waals surface area (Å²) in [5.74, 6) is 0.122. The van der Waals surface area contributed by atoms with Crippen molar-refractivity contribution in [2.24, 2.45) is 0 Å². The lowest BCUT2D eigenvalue weighted by atomic mass is 10.2. The number of nitrogens with one attached hydrogen (secondary N) is 2. The van der Waals surface area contributed by atoms with E-state index in [1.165, 1.54) is 12.1 Å². The van der Waals surface area contributed by atoms with Crippen molar-refractivity contribution < 1.29 is 4.39 Å². The molecule has 0 bridgehead atoms. The van der Waals surface area contributed by atoms with Crippen LogP contribution >= 0.6 is 11.6 Å². The van der Waals surface area contributed by atoms with E-state index in [2.05, 4.69) is 20.2 Å². The molecule has 0 atom stereocenters. The highest BCUT2D eigenvalue weighted by atomic mass is 35.5. The van der Waals surface area contributed by atoms with E-state index in [0.717, 1.165) is 0 Å². The van der Waals surface area contributed by atoms with Crippen LogP contribution in [0.1, 0.15) is 0 Å². The molecule has 0 saturated carbocycles. The fourth-order valence-electron chi connectivity index (χ4n) is 1.59. The van der Waals surface area contributed by atoms with Gasteiger partial charge in [0.25, 0.3) is 0 Å². The second kappa shape index (κ2) is 3.31. The van der Waals surface area contributed by atoms with Crippen molar-refractivity contribution in [1.29, 1.82) is 0 Å². The number of hydrogen-bond acceptors (Lipinski definition) is 2. The molecular weight excluding hydrogens is 231 g/mol. The Morgan fingerprint density at radius 2 is 2.19 bits per heavy atom. The summed E-state index contributed by atoms with van der Waals surface area (Å²) in [6.45, 7) is 0. The predicted octanol–water partition coefficient (Wildman–Crippen LogP) is 2.75. The molecule has 4 nitrogen and oxygen atoms in total. The van der Waals surface area contributed by atoms with Gasteiger partial charge in [-0.15, -0.1) is 0 Å². The Morgan fingerprint density at radius 1 is 1.31 bits per heavy atom. The van der Waals surface area contributed by atoms with Gasteiger partial charge in [0.15, 0.2) is 5.82 Å². The van der Waals surface area contributed by atoms with Crippen molar-refractivity contribution in [3.8, 4) is 11.5 Å². The molecule has 0 unspecified atom stereocenters. The van der Waals surface area contributed by atoms with Gasteiger partial charge in [0, 0.05) is 17.8 Å². The third-order valence-corrected chi connectivity index (χ3v) is 2.62. The zero-order valence-electron chi connectivity index (χ0n) is 7.96. The SMILES string of the molecule is Fc1cc2c(-c3ncc[nH]3)n[nH]c2cc1Cl. The molecule has 2 aromatic heterocycles. The third-order valence-electron chi connectivity index (χ3n) is 2.33. The van der Waals surface area contributed by atoms with E-state index >= 15 is 0 Å². The molecule has 0 aliphatic rings. The summed E-state index contributed by atoms with van der Waals surface area (Å²) in [6.07, 6.45) is 3.30. The molecule has 0 spiro atoms. The highest BCUT2D eigenvalue weighted by Gasteiger charge is 2.12. The minimum atomic E-state index is -0.469. The maximum absolute atomic E-state index is 13.3. The van der Waals surface area contributed by atoms with Crippen LogP contribution in [0.3, 0.4) is 0 Å². The van der Waals surface area contributed by atoms with Crippen molar-refractivity contribution in [3.63, 3.8) is 0 Å². The first-order chi connectivity index (χ1) is 7.75. The van der Waals surface area contributed by atoms with Gasteiger partial charge in [-0.3, -0.25) is 5.10 Å². The lowest BCUT2D eigenvalue weighted by Crippen LogP contribution is -1.82. The monoisotopic (exact) mass is 236 g/mol. The van der Waals surface area contributed by atoms with Crippen molar-refractivity contribution in [2.45, 2.75) is 0 Å². The van der Waals surface area contributed by atoms with Crippen LogP contribution in [0.25, 0.3) is 22.4 Å². The molecule has 0 saturated heterocycles. The van der Waals surface area contributed by atoms with Crippen molar-refractivity contribution >= 4 is 22.5 Å². The van der Waals surface area contributed by atoms with E-state index in [4.69, 9.17) is 11.6 Å². The van der Waals surface area contributed by atoms with E-state index < -0.39 is 5.82 Å². The minimum absolute atomic E-state index is 0.0714. The van der Waals surface area contributed by atoms with Crippen LogP contribution in [0.2, 0.25) is 5.02 Å². The fraction of sp³-hybridized carbons (Fsp3) is 0. The van der Waals surface area contributed by atoms with Crippen LogP contribution < -0.4 is 0 Å². The van der Waals surface area contributed by atoms with Gasteiger partial charge in [0.1, 0.15) is 11.5 Å². The second-order valence-corrected chi connectivity index (χ2v) is 3.73. The number of imidazole rings is 1. The zero-order chi connectivity index (χ0) is 11.1. The van der Waals surface area contributed by atoms with E-state index in [-0.39, 0.29) is 5.02 Å². The van der Waals surface area contributed by atoms with Crippen LogP contribution in [-0.4, -0.2) is 20.2 Å². The topological polar surface area (TPSA) is 57.4 Å². The summed E-state index contributed by atoms with van der Waals surface area (Å²) in [7, 11) is 0. The zero-order valence-corrected chi connectivity index (χ0v) is 8.72. The molecule has 0 radical (unpaired) electrons. The average Bonchev–Trinajstić information content (AvgIpc) is 2.87. The molecule has 6 heteroatoms. The number of rotatable bonds is 1. The lowest BCUT2D eigenvalue weighted by molar-refractivity contribution is 0.630. The summed E-state index contributed by atoms with van der Waals surface area (Å²) in [5, 5.41) is 7.58. The quantitative estimate of drug-likeness (QED) is 0.683. The standard InChI is InChI=1S/C10H6ClFN4/c11-6-4-8-5(3-7(6)12)9(16-15-8)10-13-1-2-14-10/h1-4H,(H,13,14)(H,15,16). The number of aromatic nitrogens is 4. The summed E-state index contributed by atoms with van der Waals surface area (Å²) in [4.78, 5) is 6.98. The molecule has 1 aromatic carbocycles. The number of aromatic amines is 2. The van der Waals surface area contributed by atoms with Crippen LogP contribution in [0.4, 0.5) is 4.39 Å². The lowest BCUT2D eigenvalue weighted by Gasteiger charge is -1.95. The predicted molar refractivity (Wildman–Crippen MR) is 58.6 cm³/mol. The molecule has 3 aromatic rings. The van der Waals surface area contributed by atoms with Gasteiger partial charge in [0.05, 0.1) is 10.5 Å². The summed E-state index contributed by atoms with van der Waals surface area (Å²) >= 11 is 5.68. The fourth-order valence-corrected chi connectivity index (χ4v) is 1.75. The van der Waals surface area contributed by atoms with Gasteiger partial charge in [0.2, 0.25) is 0 Å². The number of H-pyrrole nitrogens is 2. The van der Waals surface area contributed by atoms with Gasteiger partial charge in [-0.1, -0.05) is 11.6 Å². The largest absolute Gasteiger partial charge is 0.343 e. The molecule has 0 aliphatic heterocycles. The van der Waals surface area contributed by atoms with Gasteiger partial charge < -0.3 is 4.98 Å². The normalized spacial score (nSPS) is 11.1. The molecule has 0 aliphatic carbocycles. The Balaban J connectivity index is 2.32. The molecule has 80 valence electrons. The maximum Gasteiger partial charge on any atom is 0.158 e. The molecule has 2 N–H and O–H groups in total. The Bertz CT molecular complexity index is 644. The Morgan fingerprint density at radius 3 is 2.94 bits per heavy atom. The Labute approximate surface area is 94.5 Å². The number of halogens is 2. The van der Waals surface area contributed by atoms with E-state index in [9.17, 15) is 4.39 Å². The highest BCUT2D eigenvalue weighted by Crippen LogP contribution is 2.27. The van der Waals surface area contributed by atoms with Crippen molar-refractivity contribution in [1.82, 2.24) is 20.2 Å². The minimum Gasteiger partial charge on any atom is -0.343 e. The first kappa shape index (κ1) is 9.35. The smallest absolute Gasteiger partial charge is 0.158 e. The van der Waals surface area contributed by atoms with Crippen LogP contribution in [0.15, 0.2) is 24.5 Å². The molecule has 16 heavy (non-hydrogen) atoms. The average molecular weight is 237 g/mol. The first-order valence-electron chi connectivity index (χ1n) is 4.58. The molecular formula is C10H6ClFN4. The van der Waals surface area contributed by atoms with Crippen LogP contribution in [0.5, 0.6) is 0 Å². The van der Waals surface area contributed by atoms with Gasteiger partial charge in [-0.25, -0.2) is 9.37 Å². The first-order valence-corrected chi connectivity index (χ1v) is 4.96. The number of fused-ring (bicyclic) bond motifs is 1. The summed E-state index contributed by atoms with van der Waals surface area (Å²) in [5.41, 5.74) is 1.26. The molecule has 0 fully saturated rings. The summed E-state index contributed by atoms with van der Waals surface area (Å²) < 4.78 is 13.3. The van der Waals surface area contributed by atoms with Gasteiger partial charge in [-0.05, 0) is 12.1 Å². The Hall–Kier alpha value is -1.88. The van der Waals surface area contributed by atoms with Crippen LogP contribution in [0, 0.1) is 5.82 Å². The van der Waals surface area contributed by atoms with E-state index in [1.54, 1.807) is 12.4 Å². The van der Waals surface area contributed by atoms with Crippen molar-refractivity contribution in [2.75, 3.05) is 0 Å². The maximum atomic E-state index is 13.3. The molecule has 2 heterocycles. The van der Waals surface area contributed by atoms with Gasteiger partial charge in [-0.2, -0.15) is 5.10 Å².